The van der Waals surface area contributed by atoms with Crippen molar-refractivity contribution in [3.05, 3.63) is 63.4 Å². The third-order valence-corrected chi connectivity index (χ3v) is 3.91. The van der Waals surface area contributed by atoms with E-state index in [4.69, 9.17) is 9.15 Å². The van der Waals surface area contributed by atoms with Gasteiger partial charge in [-0.05, 0) is 6.07 Å². The number of nitriles is 1. The Kier molecular flexibility index (Phi) is 5.10. The van der Waals surface area contributed by atoms with Crippen LogP contribution in [0, 0.1) is 21.4 Å². The zero-order valence-corrected chi connectivity index (χ0v) is 13.8. The molecule has 1 aromatic heterocycles. The molecule has 1 aliphatic heterocycles. The quantitative estimate of drug-likeness (QED) is 0.267. The van der Waals surface area contributed by atoms with Crippen LogP contribution >= 0.6 is 0 Å². The minimum atomic E-state index is -0.597. The normalized spacial score (nSPS) is 14.7. The van der Waals surface area contributed by atoms with Crippen molar-refractivity contribution in [2.24, 2.45) is 0 Å². The largest absolute Gasteiger partial charge is 0.441 e. The molecule has 1 aliphatic rings. The molecule has 0 N–H and O–H groups in total. The second-order valence-electron chi connectivity index (χ2n) is 5.58. The summed E-state index contributed by atoms with van der Waals surface area (Å²) in [5, 5.41) is 20.2. The molecule has 3 rings (SSSR count). The zero-order valence-electron chi connectivity index (χ0n) is 13.8. The molecule has 0 saturated carbocycles. The summed E-state index contributed by atoms with van der Waals surface area (Å²) in [6, 6.07) is 10.5. The molecule has 132 valence electrons. The third-order valence-electron chi connectivity index (χ3n) is 3.91. The highest BCUT2D eigenvalue weighted by Crippen LogP contribution is 2.23. The van der Waals surface area contributed by atoms with Gasteiger partial charge in [0.2, 0.25) is 5.78 Å². The molecule has 26 heavy (non-hydrogen) atoms. The van der Waals surface area contributed by atoms with Gasteiger partial charge in [0.15, 0.2) is 5.88 Å². The number of carbonyl (C=O) groups is 1. The Morgan fingerprint density at radius 3 is 2.73 bits per heavy atom. The van der Waals surface area contributed by atoms with Crippen LogP contribution in [-0.4, -0.2) is 37.0 Å². The topological polar surface area (TPSA) is 110 Å². The standard InChI is InChI=1S/C18H15N3O5/c19-12-14(18(22)13-2-1-3-15(10-13)21(23)24)11-16-4-5-17(26-16)20-6-8-25-9-7-20/h1-5,10-11H,6-9H2/b14-11+. The number of carbonyl (C=O) groups excluding carboxylic acids is 1. The number of furan rings is 1. The van der Waals surface area contributed by atoms with Crippen molar-refractivity contribution < 1.29 is 18.9 Å². The minimum Gasteiger partial charge on any atom is -0.441 e. The van der Waals surface area contributed by atoms with E-state index in [0.29, 0.717) is 37.9 Å². The number of nitro groups is 1. The molecule has 2 aromatic rings. The van der Waals surface area contributed by atoms with Gasteiger partial charge >= 0.3 is 0 Å². The number of Topliss-reactive ketones (excluding diaryl/α,β-unsaturated/α-hetero) is 1. The Labute approximate surface area is 149 Å². The number of morpholine rings is 1. The molecule has 0 radical (unpaired) electrons. The summed E-state index contributed by atoms with van der Waals surface area (Å²) in [5.74, 6) is 0.405. The first-order valence-electron chi connectivity index (χ1n) is 7.92. The first-order valence-corrected chi connectivity index (χ1v) is 7.92. The van der Waals surface area contributed by atoms with Crippen LogP contribution in [0.4, 0.5) is 11.6 Å². The van der Waals surface area contributed by atoms with E-state index >= 15 is 0 Å². The Morgan fingerprint density at radius 1 is 1.27 bits per heavy atom. The van der Waals surface area contributed by atoms with Gasteiger partial charge in [-0.15, -0.1) is 0 Å². The van der Waals surface area contributed by atoms with Crippen molar-refractivity contribution in [1.82, 2.24) is 0 Å². The van der Waals surface area contributed by atoms with Crippen LogP contribution in [0.15, 0.2) is 46.4 Å². The Balaban J connectivity index is 1.83. The fourth-order valence-electron chi connectivity index (χ4n) is 2.58. The molecule has 0 unspecified atom stereocenters. The monoisotopic (exact) mass is 353 g/mol. The van der Waals surface area contributed by atoms with Crippen LogP contribution in [-0.2, 0) is 4.74 Å². The predicted octanol–water partition coefficient (Wildman–Crippen LogP) is 2.81. The molecule has 8 nitrogen and oxygen atoms in total. The molecule has 0 aliphatic carbocycles. The highest BCUT2D eigenvalue weighted by atomic mass is 16.6. The number of anilines is 1. The van der Waals surface area contributed by atoms with Gasteiger partial charge in [-0.25, -0.2) is 0 Å². The van der Waals surface area contributed by atoms with Gasteiger partial charge in [0.25, 0.3) is 5.69 Å². The number of nitrogens with zero attached hydrogens (tertiary/aromatic N) is 3. The number of benzene rings is 1. The molecule has 2 heterocycles. The fraction of sp³-hybridized carbons (Fsp3) is 0.222. The molecule has 1 saturated heterocycles. The summed E-state index contributed by atoms with van der Waals surface area (Å²) in [7, 11) is 0. The van der Waals surface area contributed by atoms with Gasteiger partial charge in [0.1, 0.15) is 17.4 Å². The predicted molar refractivity (Wildman–Crippen MR) is 92.8 cm³/mol. The number of ketones is 1. The first kappa shape index (κ1) is 17.4. The summed E-state index contributed by atoms with van der Waals surface area (Å²) in [5.41, 5.74) is -0.291. The van der Waals surface area contributed by atoms with E-state index in [0.717, 1.165) is 6.07 Å². The molecule has 1 fully saturated rings. The minimum absolute atomic E-state index is 0.0759. The average Bonchev–Trinajstić information content (AvgIpc) is 3.15. The summed E-state index contributed by atoms with van der Waals surface area (Å²) in [6.45, 7) is 2.63. The van der Waals surface area contributed by atoms with Gasteiger partial charge in [0.05, 0.1) is 18.1 Å². The van der Waals surface area contributed by atoms with E-state index in [2.05, 4.69) is 0 Å². The van der Waals surface area contributed by atoms with Gasteiger partial charge in [-0.3, -0.25) is 14.9 Å². The van der Waals surface area contributed by atoms with E-state index in [-0.39, 0.29) is 16.8 Å². The lowest BCUT2D eigenvalue weighted by molar-refractivity contribution is -0.384. The van der Waals surface area contributed by atoms with Gasteiger partial charge in [-0.2, -0.15) is 5.26 Å². The fourth-order valence-corrected chi connectivity index (χ4v) is 2.58. The second-order valence-corrected chi connectivity index (χ2v) is 5.58. The second kappa shape index (κ2) is 7.63. The summed E-state index contributed by atoms with van der Waals surface area (Å²) in [6.07, 6.45) is 1.34. The van der Waals surface area contributed by atoms with Crippen molar-refractivity contribution in [1.29, 1.82) is 5.26 Å². The molecule has 0 spiro atoms. The van der Waals surface area contributed by atoms with E-state index in [1.807, 2.05) is 11.0 Å². The van der Waals surface area contributed by atoms with Crippen molar-refractivity contribution in [2.45, 2.75) is 0 Å². The lowest BCUT2D eigenvalue weighted by atomic mass is 10.0. The number of non-ortho nitro benzene ring substituents is 1. The number of rotatable bonds is 5. The highest BCUT2D eigenvalue weighted by molar-refractivity contribution is 6.14. The molecule has 1 aromatic carbocycles. The molecule has 0 amide bonds. The molecule has 0 atom stereocenters. The average molecular weight is 353 g/mol. The lowest BCUT2D eigenvalue weighted by Gasteiger charge is -2.26. The van der Waals surface area contributed by atoms with E-state index in [1.165, 1.54) is 24.3 Å². The van der Waals surface area contributed by atoms with Crippen molar-refractivity contribution in [2.75, 3.05) is 31.2 Å². The number of hydrogen-bond donors (Lipinski definition) is 0. The van der Waals surface area contributed by atoms with Crippen LogP contribution < -0.4 is 4.90 Å². The maximum absolute atomic E-state index is 12.5. The Hall–Kier alpha value is -3.44. The number of hydrogen-bond acceptors (Lipinski definition) is 7. The van der Waals surface area contributed by atoms with Crippen molar-refractivity contribution in [3.63, 3.8) is 0 Å². The molecular formula is C18H15N3O5. The van der Waals surface area contributed by atoms with Gasteiger partial charge in [0, 0.05) is 42.9 Å². The summed E-state index contributed by atoms with van der Waals surface area (Å²) < 4.78 is 11.0. The highest BCUT2D eigenvalue weighted by Gasteiger charge is 2.18. The van der Waals surface area contributed by atoms with Crippen molar-refractivity contribution >= 4 is 23.4 Å². The third kappa shape index (κ3) is 3.79. The van der Waals surface area contributed by atoms with E-state index in [9.17, 15) is 20.2 Å². The van der Waals surface area contributed by atoms with Crippen LogP contribution in [0.1, 0.15) is 16.1 Å². The van der Waals surface area contributed by atoms with Crippen LogP contribution in [0.2, 0.25) is 0 Å². The first-order chi connectivity index (χ1) is 12.6. The van der Waals surface area contributed by atoms with E-state index < -0.39 is 10.7 Å². The lowest BCUT2D eigenvalue weighted by Crippen LogP contribution is -2.35. The molecular weight excluding hydrogens is 338 g/mol. The zero-order chi connectivity index (χ0) is 18.5. The van der Waals surface area contributed by atoms with Gasteiger partial charge < -0.3 is 14.1 Å². The summed E-state index contributed by atoms with van der Waals surface area (Å²) in [4.78, 5) is 24.7. The smallest absolute Gasteiger partial charge is 0.270 e. The summed E-state index contributed by atoms with van der Waals surface area (Å²) >= 11 is 0. The Morgan fingerprint density at radius 2 is 2.04 bits per heavy atom. The molecule has 0 bridgehead atoms. The number of nitro benzene ring substituents is 1. The SMILES string of the molecule is N#C/C(=C\c1ccc(N2CCOCC2)o1)C(=O)c1cccc([N+](=O)[O-])c1. The van der Waals surface area contributed by atoms with Crippen molar-refractivity contribution in [3.8, 4) is 6.07 Å². The maximum atomic E-state index is 12.5. The Bertz CT molecular complexity index is 904. The van der Waals surface area contributed by atoms with Crippen LogP contribution in [0.5, 0.6) is 0 Å². The molecule has 8 heteroatoms. The number of allylic oxidation sites excluding steroid dienone is 1. The van der Waals surface area contributed by atoms with Gasteiger partial charge in [-0.1, -0.05) is 12.1 Å². The number of ether oxygens (including phenoxy) is 1. The van der Waals surface area contributed by atoms with Crippen LogP contribution in [0.25, 0.3) is 6.08 Å². The maximum Gasteiger partial charge on any atom is 0.270 e. The van der Waals surface area contributed by atoms with Crippen LogP contribution in [0.3, 0.4) is 0 Å². The van der Waals surface area contributed by atoms with E-state index in [1.54, 1.807) is 12.1 Å².